The van der Waals surface area contributed by atoms with E-state index in [2.05, 4.69) is 39.2 Å². The molecular formula is C23H37ClN4O4. The summed E-state index contributed by atoms with van der Waals surface area (Å²) in [7, 11) is 0. The Morgan fingerprint density at radius 2 is 1.81 bits per heavy atom. The van der Waals surface area contributed by atoms with Crippen molar-refractivity contribution in [3.05, 3.63) is 11.4 Å². The maximum absolute atomic E-state index is 12.4. The summed E-state index contributed by atoms with van der Waals surface area (Å²) >= 11 is 6.01. The molecular weight excluding hydrogens is 432 g/mol. The third-order valence-electron chi connectivity index (χ3n) is 4.62. The predicted molar refractivity (Wildman–Crippen MR) is 129 cm³/mol. The Labute approximate surface area is 197 Å². The lowest BCUT2D eigenvalue weighted by Crippen LogP contribution is -2.53. The van der Waals surface area contributed by atoms with Crippen LogP contribution >= 0.6 is 11.6 Å². The molecule has 0 radical (unpaired) electrons. The van der Waals surface area contributed by atoms with Crippen LogP contribution in [-0.2, 0) is 14.2 Å². The van der Waals surface area contributed by atoms with Crippen molar-refractivity contribution in [3.8, 4) is 11.8 Å². The van der Waals surface area contributed by atoms with Gasteiger partial charge in [-0.05, 0) is 78.6 Å². The van der Waals surface area contributed by atoms with E-state index in [1.807, 2.05) is 41.5 Å². The lowest BCUT2D eigenvalue weighted by atomic mass is 9.97. The van der Waals surface area contributed by atoms with Gasteiger partial charge in [0.05, 0.1) is 5.54 Å². The summed E-state index contributed by atoms with van der Waals surface area (Å²) in [4.78, 5) is 20.4. The Bertz CT molecular complexity index is 750. The average Bonchev–Trinajstić information content (AvgIpc) is 3.16. The van der Waals surface area contributed by atoms with Crippen LogP contribution < -0.4 is 10.6 Å². The van der Waals surface area contributed by atoms with E-state index in [9.17, 15) is 4.79 Å². The maximum Gasteiger partial charge on any atom is 0.408 e. The summed E-state index contributed by atoms with van der Waals surface area (Å²) in [5, 5.41) is 6.33. The van der Waals surface area contributed by atoms with Crippen LogP contribution in [0.15, 0.2) is 21.4 Å². The van der Waals surface area contributed by atoms with Gasteiger partial charge in [0, 0.05) is 25.3 Å². The zero-order valence-electron chi connectivity index (χ0n) is 20.1. The number of hydrogen-bond donors (Lipinski definition) is 2. The highest BCUT2D eigenvalue weighted by molar-refractivity contribution is 6.65. The van der Waals surface area contributed by atoms with E-state index in [4.69, 9.17) is 25.8 Å². The molecule has 0 atom stereocenters. The number of hydrogen-bond acceptors (Lipinski definition) is 6. The standard InChI is InChI=1S/C23H37ClN4O4/c1-8-30-18(31-9-2)13-12-17(3)19(27-20(24)25-7)26-16-23(14-10-11-15-23)28-21(29)32-22(4,5)6/h18,26H,7-11,14-16H2,1-6H3,(H,28,29)/b19-17+,27-20?. The van der Waals surface area contributed by atoms with E-state index in [1.54, 1.807) is 0 Å². The van der Waals surface area contributed by atoms with Crippen LogP contribution in [-0.4, -0.2) is 55.3 Å². The monoisotopic (exact) mass is 468 g/mol. The Hall–Kier alpha value is -2.08. The lowest BCUT2D eigenvalue weighted by Gasteiger charge is -2.32. The van der Waals surface area contributed by atoms with Crippen LogP contribution in [0.5, 0.6) is 0 Å². The van der Waals surface area contributed by atoms with Crippen molar-refractivity contribution < 1.29 is 19.0 Å². The Balaban J connectivity index is 3.08. The van der Waals surface area contributed by atoms with Gasteiger partial charge >= 0.3 is 6.09 Å². The molecule has 8 nitrogen and oxygen atoms in total. The van der Waals surface area contributed by atoms with Crippen LogP contribution in [0.3, 0.4) is 0 Å². The quantitative estimate of drug-likeness (QED) is 0.172. The molecule has 32 heavy (non-hydrogen) atoms. The normalized spacial score (nSPS) is 16.7. The molecule has 0 aliphatic heterocycles. The van der Waals surface area contributed by atoms with Crippen LogP contribution in [0.25, 0.3) is 0 Å². The van der Waals surface area contributed by atoms with Crippen molar-refractivity contribution in [2.45, 2.75) is 84.7 Å². The molecule has 1 aliphatic rings. The molecule has 1 amide bonds. The number of alkyl carbamates (subject to hydrolysis) is 1. The minimum absolute atomic E-state index is 0.0135. The fraction of sp³-hybridized carbons (Fsp3) is 0.696. The summed E-state index contributed by atoms with van der Waals surface area (Å²) in [6, 6.07) is 0. The van der Waals surface area contributed by atoms with Crippen LogP contribution in [0.4, 0.5) is 4.79 Å². The second kappa shape index (κ2) is 13.5. The molecule has 0 aromatic rings. The van der Waals surface area contributed by atoms with E-state index in [-0.39, 0.29) is 5.29 Å². The number of carbonyl (C=O) groups excluding carboxylic acids is 1. The molecule has 2 N–H and O–H groups in total. The van der Waals surface area contributed by atoms with Crippen molar-refractivity contribution in [3.63, 3.8) is 0 Å². The van der Waals surface area contributed by atoms with Crippen LogP contribution in [0, 0.1) is 11.8 Å². The average molecular weight is 469 g/mol. The van der Waals surface area contributed by atoms with Gasteiger partial charge in [-0.3, -0.25) is 0 Å². The van der Waals surface area contributed by atoms with Gasteiger partial charge in [-0.2, -0.15) is 4.99 Å². The molecule has 1 saturated carbocycles. The molecule has 0 heterocycles. The van der Waals surface area contributed by atoms with Gasteiger partial charge in [-0.25, -0.2) is 9.79 Å². The molecule has 0 aromatic heterocycles. The van der Waals surface area contributed by atoms with Crippen molar-refractivity contribution in [1.82, 2.24) is 10.6 Å². The minimum atomic E-state index is -0.631. The molecule has 1 fully saturated rings. The van der Waals surface area contributed by atoms with Gasteiger partial charge in [0.2, 0.25) is 11.6 Å². The second-order valence-electron chi connectivity index (χ2n) is 8.49. The van der Waals surface area contributed by atoms with Gasteiger partial charge in [0.1, 0.15) is 11.4 Å². The number of ether oxygens (including phenoxy) is 3. The summed E-state index contributed by atoms with van der Waals surface area (Å²) < 4.78 is 16.4. The van der Waals surface area contributed by atoms with E-state index in [0.717, 1.165) is 25.7 Å². The maximum atomic E-state index is 12.4. The third kappa shape index (κ3) is 10.5. The van der Waals surface area contributed by atoms with Crippen molar-refractivity contribution in [1.29, 1.82) is 0 Å². The molecule has 9 heteroatoms. The van der Waals surface area contributed by atoms with Crippen LogP contribution in [0.1, 0.15) is 67.2 Å². The number of rotatable bonds is 9. The van der Waals surface area contributed by atoms with Gasteiger partial charge in [-0.1, -0.05) is 18.8 Å². The molecule has 1 aliphatic carbocycles. The number of halogens is 1. The zero-order valence-corrected chi connectivity index (χ0v) is 20.9. The van der Waals surface area contributed by atoms with Gasteiger partial charge < -0.3 is 24.8 Å². The zero-order chi connectivity index (χ0) is 24.2. The lowest BCUT2D eigenvalue weighted by molar-refractivity contribution is -0.0970. The van der Waals surface area contributed by atoms with Gasteiger partial charge in [0.25, 0.3) is 0 Å². The number of carbonyl (C=O) groups is 1. The number of nitrogens with zero attached hydrogens (tertiary/aromatic N) is 2. The third-order valence-corrected chi connectivity index (χ3v) is 4.83. The fourth-order valence-electron chi connectivity index (χ4n) is 3.21. The highest BCUT2D eigenvalue weighted by Crippen LogP contribution is 2.30. The summed E-state index contributed by atoms with van der Waals surface area (Å²) in [5.74, 6) is 6.41. The molecule has 1 rings (SSSR count). The van der Waals surface area contributed by atoms with Crippen LogP contribution in [0.2, 0.25) is 0 Å². The first-order valence-electron chi connectivity index (χ1n) is 11.0. The first kappa shape index (κ1) is 28.0. The topological polar surface area (TPSA) is 93.5 Å². The van der Waals surface area contributed by atoms with Gasteiger partial charge in [0.15, 0.2) is 0 Å². The molecule has 180 valence electrons. The minimum Gasteiger partial charge on any atom is -0.444 e. The summed E-state index contributed by atoms with van der Waals surface area (Å²) in [6.07, 6.45) is 2.61. The first-order chi connectivity index (χ1) is 15.0. The second-order valence-corrected chi connectivity index (χ2v) is 8.83. The number of allylic oxidation sites excluding steroid dienone is 1. The molecule has 0 saturated heterocycles. The number of aliphatic imine (C=N–C) groups is 2. The first-order valence-corrected chi connectivity index (χ1v) is 11.3. The number of amides is 1. The van der Waals surface area contributed by atoms with E-state index >= 15 is 0 Å². The highest BCUT2D eigenvalue weighted by atomic mass is 35.5. The molecule has 0 aromatic carbocycles. The predicted octanol–water partition coefficient (Wildman–Crippen LogP) is 4.34. The van der Waals surface area contributed by atoms with Crippen molar-refractivity contribution in [2.24, 2.45) is 9.98 Å². The highest BCUT2D eigenvalue weighted by Gasteiger charge is 2.36. The Kier molecular flexibility index (Phi) is 11.8. The van der Waals surface area contributed by atoms with E-state index in [1.165, 1.54) is 0 Å². The fourth-order valence-corrected chi connectivity index (χ4v) is 3.30. The Morgan fingerprint density at radius 3 is 2.31 bits per heavy atom. The van der Waals surface area contributed by atoms with E-state index < -0.39 is 23.5 Å². The van der Waals surface area contributed by atoms with Crippen molar-refractivity contribution >= 4 is 29.7 Å². The molecule has 0 spiro atoms. The van der Waals surface area contributed by atoms with E-state index in [0.29, 0.717) is 31.2 Å². The summed E-state index contributed by atoms with van der Waals surface area (Å²) in [5.41, 5.74) is -0.398. The SMILES string of the molecule is C=NC(Cl)=N/C(NCC1(NC(=O)OC(C)(C)C)CCCC1)=C(\C)C#CC(OCC)OCC. The Morgan fingerprint density at radius 1 is 1.22 bits per heavy atom. The molecule has 0 bridgehead atoms. The van der Waals surface area contributed by atoms with Gasteiger partial charge in [-0.15, -0.1) is 0 Å². The molecule has 0 unspecified atom stereocenters. The number of nitrogens with one attached hydrogen (secondary N) is 2. The smallest absolute Gasteiger partial charge is 0.408 e. The number of amidine groups is 1. The van der Waals surface area contributed by atoms with Crippen molar-refractivity contribution in [2.75, 3.05) is 19.8 Å². The largest absolute Gasteiger partial charge is 0.444 e. The summed E-state index contributed by atoms with van der Waals surface area (Å²) in [6.45, 7) is 15.9.